The maximum atomic E-state index is 12.8. The summed E-state index contributed by atoms with van der Waals surface area (Å²) in [5.74, 6) is -0.512. The Bertz CT molecular complexity index is 673. The lowest BCUT2D eigenvalue weighted by Crippen LogP contribution is -2.48. The van der Waals surface area contributed by atoms with Gasteiger partial charge >= 0.3 is 5.97 Å². The van der Waals surface area contributed by atoms with Gasteiger partial charge in [-0.05, 0) is 25.5 Å². The zero-order valence-electron chi connectivity index (χ0n) is 15.0. The summed E-state index contributed by atoms with van der Waals surface area (Å²) in [4.78, 5) is 27.3. The molecule has 1 aromatic rings. The normalized spacial score (nSPS) is 20.0. The smallest absolute Gasteiger partial charge is 0.335 e. The first-order valence-electron chi connectivity index (χ1n) is 9.05. The molecule has 1 saturated heterocycles. The average Bonchev–Trinajstić information content (AvgIpc) is 2.86. The molecule has 0 bridgehead atoms. The van der Waals surface area contributed by atoms with E-state index >= 15 is 0 Å². The Morgan fingerprint density at radius 3 is 2.56 bits per heavy atom. The van der Waals surface area contributed by atoms with Crippen LogP contribution in [0.3, 0.4) is 0 Å². The molecule has 2 aliphatic rings. The molecule has 0 atom stereocenters. The van der Waals surface area contributed by atoms with Gasteiger partial charge in [0.05, 0.1) is 5.57 Å². The first-order chi connectivity index (χ1) is 12.1. The fourth-order valence-electron chi connectivity index (χ4n) is 3.76. The molecule has 1 spiro atoms. The SMILES string of the molecule is CCN1CCC2(CC1)OC(=O)C(C)=C2C(=O)NCCc1ccccc1. The summed E-state index contributed by atoms with van der Waals surface area (Å²) in [5.41, 5.74) is 1.45. The van der Waals surface area contributed by atoms with E-state index in [0.29, 0.717) is 30.5 Å². The molecule has 1 aromatic carbocycles. The van der Waals surface area contributed by atoms with Gasteiger partial charge in [-0.1, -0.05) is 37.3 Å². The maximum Gasteiger partial charge on any atom is 0.335 e. The number of benzene rings is 1. The molecule has 25 heavy (non-hydrogen) atoms. The van der Waals surface area contributed by atoms with Gasteiger partial charge in [-0.25, -0.2) is 4.79 Å². The standard InChI is InChI=1S/C20H26N2O3/c1-3-22-13-10-20(11-14-22)17(15(2)19(24)25-20)18(23)21-12-9-16-7-5-4-6-8-16/h4-8H,3,9-14H2,1-2H3,(H,21,23). The third-order valence-electron chi connectivity index (χ3n) is 5.30. The van der Waals surface area contributed by atoms with Crippen LogP contribution in [0.4, 0.5) is 0 Å². The number of carbonyl (C=O) groups is 2. The summed E-state index contributed by atoms with van der Waals surface area (Å²) >= 11 is 0. The predicted molar refractivity (Wildman–Crippen MR) is 96.0 cm³/mol. The second-order valence-electron chi connectivity index (χ2n) is 6.81. The second-order valence-corrected chi connectivity index (χ2v) is 6.81. The van der Waals surface area contributed by atoms with Crippen molar-refractivity contribution in [2.75, 3.05) is 26.2 Å². The van der Waals surface area contributed by atoms with Gasteiger partial charge in [0.25, 0.3) is 5.91 Å². The van der Waals surface area contributed by atoms with Gasteiger partial charge < -0.3 is 15.0 Å². The van der Waals surface area contributed by atoms with Crippen molar-refractivity contribution in [2.45, 2.75) is 38.7 Å². The largest absolute Gasteiger partial charge is 0.450 e. The van der Waals surface area contributed by atoms with Crippen molar-refractivity contribution in [2.24, 2.45) is 0 Å². The van der Waals surface area contributed by atoms with Crippen molar-refractivity contribution in [1.29, 1.82) is 0 Å². The molecule has 134 valence electrons. The first kappa shape index (κ1) is 17.7. The Morgan fingerprint density at radius 1 is 1.24 bits per heavy atom. The Morgan fingerprint density at radius 2 is 1.92 bits per heavy atom. The molecule has 0 radical (unpaired) electrons. The van der Waals surface area contributed by atoms with Crippen LogP contribution < -0.4 is 5.32 Å². The first-order valence-corrected chi connectivity index (χ1v) is 9.05. The molecule has 0 aromatic heterocycles. The van der Waals surface area contributed by atoms with Gasteiger partial charge in [-0.2, -0.15) is 0 Å². The van der Waals surface area contributed by atoms with E-state index in [4.69, 9.17) is 4.74 Å². The third kappa shape index (κ3) is 3.61. The molecule has 5 nitrogen and oxygen atoms in total. The van der Waals surface area contributed by atoms with Crippen LogP contribution in [0.1, 0.15) is 32.3 Å². The van der Waals surface area contributed by atoms with Crippen LogP contribution in [-0.4, -0.2) is 48.6 Å². The highest BCUT2D eigenvalue weighted by molar-refractivity contribution is 6.07. The molecule has 0 saturated carbocycles. The minimum atomic E-state index is -0.732. The summed E-state index contributed by atoms with van der Waals surface area (Å²) in [7, 11) is 0. The Balaban J connectivity index is 1.67. The molecule has 5 heteroatoms. The van der Waals surface area contributed by atoms with Crippen LogP contribution in [-0.2, 0) is 20.7 Å². The molecule has 2 aliphatic heterocycles. The van der Waals surface area contributed by atoms with Crippen molar-refractivity contribution in [1.82, 2.24) is 10.2 Å². The van der Waals surface area contributed by atoms with Crippen molar-refractivity contribution in [3.8, 4) is 0 Å². The topological polar surface area (TPSA) is 58.6 Å². The number of rotatable bonds is 5. The summed E-state index contributed by atoms with van der Waals surface area (Å²) in [6, 6.07) is 10.0. The Labute approximate surface area is 149 Å². The molecule has 2 heterocycles. The fraction of sp³-hybridized carbons (Fsp3) is 0.500. The number of nitrogens with zero attached hydrogens (tertiary/aromatic N) is 1. The summed E-state index contributed by atoms with van der Waals surface area (Å²) in [6.45, 7) is 7.04. The number of piperidine rings is 1. The van der Waals surface area contributed by atoms with E-state index < -0.39 is 5.60 Å². The number of hydrogen-bond donors (Lipinski definition) is 1. The summed E-state index contributed by atoms with van der Waals surface area (Å²) in [6.07, 6.45) is 2.14. The van der Waals surface area contributed by atoms with Crippen molar-refractivity contribution >= 4 is 11.9 Å². The van der Waals surface area contributed by atoms with Crippen LogP contribution in [0.5, 0.6) is 0 Å². The molecule has 0 unspecified atom stereocenters. The number of ether oxygens (including phenoxy) is 1. The van der Waals surface area contributed by atoms with Crippen molar-refractivity contribution in [3.63, 3.8) is 0 Å². The quantitative estimate of drug-likeness (QED) is 0.833. The number of carbonyl (C=O) groups excluding carboxylic acids is 2. The lowest BCUT2D eigenvalue weighted by Gasteiger charge is -2.39. The Hall–Kier alpha value is -2.14. The van der Waals surface area contributed by atoms with Crippen LogP contribution in [0.25, 0.3) is 0 Å². The molecule has 1 amide bonds. The van der Waals surface area contributed by atoms with E-state index in [2.05, 4.69) is 17.1 Å². The van der Waals surface area contributed by atoms with E-state index in [1.165, 1.54) is 5.56 Å². The predicted octanol–water partition coefficient (Wildman–Crippen LogP) is 2.07. The van der Waals surface area contributed by atoms with Crippen molar-refractivity contribution < 1.29 is 14.3 Å². The number of likely N-dealkylation sites (tertiary alicyclic amines) is 1. The van der Waals surface area contributed by atoms with E-state index in [-0.39, 0.29) is 11.9 Å². The van der Waals surface area contributed by atoms with Crippen LogP contribution in [0, 0.1) is 0 Å². The molecular formula is C20H26N2O3. The highest BCUT2D eigenvalue weighted by Gasteiger charge is 2.50. The highest BCUT2D eigenvalue weighted by Crippen LogP contribution is 2.40. The van der Waals surface area contributed by atoms with Gasteiger partial charge in [0, 0.05) is 38.0 Å². The number of hydrogen-bond acceptors (Lipinski definition) is 4. The molecule has 1 N–H and O–H groups in total. The van der Waals surface area contributed by atoms with Crippen LogP contribution >= 0.6 is 0 Å². The summed E-state index contributed by atoms with van der Waals surface area (Å²) in [5, 5.41) is 2.98. The van der Waals surface area contributed by atoms with Crippen LogP contribution in [0.2, 0.25) is 0 Å². The van der Waals surface area contributed by atoms with E-state index in [0.717, 1.165) is 26.1 Å². The Kier molecular flexibility index (Phi) is 5.23. The zero-order valence-corrected chi connectivity index (χ0v) is 15.0. The second kappa shape index (κ2) is 7.40. The van der Waals surface area contributed by atoms with Gasteiger partial charge in [0.2, 0.25) is 0 Å². The minimum absolute atomic E-state index is 0.163. The molecule has 0 aliphatic carbocycles. The third-order valence-corrected chi connectivity index (χ3v) is 5.30. The molecule has 1 fully saturated rings. The van der Waals surface area contributed by atoms with E-state index in [9.17, 15) is 9.59 Å². The van der Waals surface area contributed by atoms with Gasteiger partial charge in [0.1, 0.15) is 5.60 Å². The molecule has 3 rings (SSSR count). The van der Waals surface area contributed by atoms with Gasteiger partial charge in [-0.3, -0.25) is 4.79 Å². The van der Waals surface area contributed by atoms with Crippen molar-refractivity contribution in [3.05, 3.63) is 47.0 Å². The van der Waals surface area contributed by atoms with E-state index in [1.807, 2.05) is 30.3 Å². The zero-order chi connectivity index (χ0) is 17.9. The highest BCUT2D eigenvalue weighted by atomic mass is 16.6. The van der Waals surface area contributed by atoms with Crippen LogP contribution in [0.15, 0.2) is 41.5 Å². The van der Waals surface area contributed by atoms with Gasteiger partial charge in [0.15, 0.2) is 0 Å². The number of nitrogens with one attached hydrogen (secondary N) is 1. The average molecular weight is 342 g/mol. The van der Waals surface area contributed by atoms with Gasteiger partial charge in [-0.15, -0.1) is 0 Å². The lowest BCUT2D eigenvalue weighted by atomic mass is 9.82. The minimum Gasteiger partial charge on any atom is -0.450 e. The number of amides is 1. The number of esters is 1. The summed E-state index contributed by atoms with van der Waals surface area (Å²) < 4.78 is 5.69. The lowest BCUT2D eigenvalue weighted by molar-refractivity contribution is -0.150. The maximum absolute atomic E-state index is 12.8. The molecular weight excluding hydrogens is 316 g/mol. The van der Waals surface area contributed by atoms with E-state index in [1.54, 1.807) is 6.92 Å². The monoisotopic (exact) mass is 342 g/mol. The fourth-order valence-corrected chi connectivity index (χ4v) is 3.76.